The number of amides is 1. The molecule has 0 aromatic heterocycles. The van der Waals surface area contributed by atoms with Gasteiger partial charge in [-0.15, -0.1) is 0 Å². The molecule has 0 fully saturated rings. The predicted molar refractivity (Wildman–Crippen MR) is 353 cm³/mol. The van der Waals surface area contributed by atoms with E-state index in [-0.39, 0.29) is 31.3 Å². The van der Waals surface area contributed by atoms with Crippen molar-refractivity contribution in [1.82, 2.24) is 5.32 Å². The number of phosphoric acid groups is 1. The molecule has 9 nitrogen and oxygen atoms in total. The van der Waals surface area contributed by atoms with Gasteiger partial charge in [-0.25, -0.2) is 0 Å². The second-order valence-corrected chi connectivity index (χ2v) is 25.7. The highest BCUT2D eigenvalue weighted by molar-refractivity contribution is 7.45. The van der Waals surface area contributed by atoms with Crippen LogP contribution in [0.3, 0.4) is 0 Å². The first-order valence-electron chi connectivity index (χ1n) is 34.4. The van der Waals surface area contributed by atoms with Gasteiger partial charge in [-0.3, -0.25) is 14.2 Å². The van der Waals surface area contributed by atoms with Crippen LogP contribution in [0.2, 0.25) is 0 Å². The van der Waals surface area contributed by atoms with Crippen LogP contribution in [-0.2, 0) is 27.9 Å². The van der Waals surface area contributed by atoms with E-state index >= 15 is 0 Å². The summed E-state index contributed by atoms with van der Waals surface area (Å²) in [5.41, 5.74) is 0. The third-order valence-electron chi connectivity index (χ3n) is 15.1. The van der Waals surface area contributed by atoms with Crippen molar-refractivity contribution < 1.29 is 37.3 Å². The van der Waals surface area contributed by atoms with Crippen LogP contribution in [-0.4, -0.2) is 69.4 Å². The number of unbranched alkanes of at least 4 members (excludes halogenated alkanes) is 34. The van der Waals surface area contributed by atoms with Crippen molar-refractivity contribution in [2.24, 2.45) is 0 Å². The Labute approximate surface area is 507 Å². The molecule has 0 radical (unpaired) electrons. The largest absolute Gasteiger partial charge is 0.756 e. The number of nitrogens with one attached hydrogen (secondary N) is 1. The minimum absolute atomic E-state index is 0.0350. The quantitative estimate of drug-likeness (QED) is 0.0212. The average molecular weight is 1170 g/mol. The van der Waals surface area contributed by atoms with Crippen LogP contribution < -0.4 is 10.2 Å². The lowest BCUT2D eigenvalue weighted by atomic mass is 10.0. The standard InChI is InChI=1S/C72H131N2O7P/c1-7-10-13-16-19-22-25-28-30-32-33-34-35-36-37-38-39-40-41-43-45-47-50-53-56-59-62-65-72(76)81-70(63-60-57-54-51-48-27-24-21-18-15-12-9-3)69(68-80-82(77,78)79-67-66-74(4,5)6)73-71(75)64-61-58-55-52-49-46-44-42-31-29-26-23-20-17-14-11-8-2/h11,14,20,23,28-31,44,46,52,55,60,63,69-70H,7-10,12-13,15-19,21-22,24-27,32-43,45,47-51,53-54,56-59,61-62,64-68H2,1-6H3,(H-,73,75,77,78)/b14-11-,23-20-,30-28+,31-29-,46-44-,55-52-,63-60-. The first kappa shape index (κ1) is 79.2. The molecule has 0 heterocycles. The number of rotatable bonds is 62. The molecule has 1 amide bonds. The molecule has 82 heavy (non-hydrogen) atoms. The number of hydrogen-bond donors (Lipinski definition) is 1. The molecule has 0 aromatic carbocycles. The Balaban J connectivity index is 5.08. The normalized spacial score (nSPS) is 14.1. The Hall–Kier alpha value is -2.81. The Kier molecular flexibility index (Phi) is 59.2. The highest BCUT2D eigenvalue weighted by Gasteiger charge is 2.27. The van der Waals surface area contributed by atoms with E-state index in [1.54, 1.807) is 0 Å². The lowest BCUT2D eigenvalue weighted by Crippen LogP contribution is -2.47. The molecule has 0 saturated carbocycles. The van der Waals surface area contributed by atoms with E-state index in [2.05, 4.69) is 99.0 Å². The molecule has 0 aliphatic heterocycles. The molecule has 0 rings (SSSR count). The molecule has 476 valence electrons. The molecular formula is C72H131N2O7P. The molecule has 0 spiro atoms. The second kappa shape index (κ2) is 61.3. The fraction of sp³-hybridized carbons (Fsp3) is 0.778. The predicted octanol–water partition coefficient (Wildman–Crippen LogP) is 21.1. The van der Waals surface area contributed by atoms with Gasteiger partial charge in [-0.1, -0.05) is 286 Å². The first-order valence-corrected chi connectivity index (χ1v) is 35.9. The zero-order valence-corrected chi connectivity index (χ0v) is 55.3. The fourth-order valence-electron chi connectivity index (χ4n) is 9.79. The van der Waals surface area contributed by atoms with Crippen molar-refractivity contribution in [3.05, 3.63) is 85.1 Å². The third-order valence-corrected chi connectivity index (χ3v) is 16.0. The number of carbonyl (C=O) groups is 2. The van der Waals surface area contributed by atoms with Gasteiger partial charge in [0.15, 0.2) is 0 Å². The molecule has 1 N–H and O–H groups in total. The van der Waals surface area contributed by atoms with Crippen molar-refractivity contribution in [1.29, 1.82) is 0 Å². The molecule has 0 aliphatic rings. The van der Waals surface area contributed by atoms with Crippen molar-refractivity contribution in [3.63, 3.8) is 0 Å². The molecule has 0 bridgehead atoms. The number of nitrogens with zero attached hydrogens (tertiary/aromatic N) is 1. The van der Waals surface area contributed by atoms with Crippen LogP contribution >= 0.6 is 7.82 Å². The Morgan fingerprint density at radius 1 is 0.439 bits per heavy atom. The van der Waals surface area contributed by atoms with E-state index in [1.165, 1.54) is 193 Å². The van der Waals surface area contributed by atoms with Gasteiger partial charge in [0.1, 0.15) is 19.3 Å². The number of esters is 1. The van der Waals surface area contributed by atoms with E-state index in [9.17, 15) is 19.0 Å². The van der Waals surface area contributed by atoms with Gasteiger partial charge in [0.05, 0.1) is 33.8 Å². The summed E-state index contributed by atoms with van der Waals surface area (Å²) in [5, 5.41) is 3.00. The SMILES string of the molecule is CC/C=C\C/C=C\C/C=C\C/C=C\C/C=C\CCCC(=O)NC(COP(=O)([O-])OCC[N+](C)(C)C)C(/C=C\CCCCCCCCCCCC)OC(=O)CCCCCCCCCCCCCCCCCCC/C=C/CCCCCCCC. The van der Waals surface area contributed by atoms with E-state index in [0.29, 0.717) is 17.4 Å². The maximum Gasteiger partial charge on any atom is 0.306 e. The Bertz CT molecular complexity index is 1680. The molecule has 0 aliphatic carbocycles. The summed E-state index contributed by atoms with van der Waals surface area (Å²) in [6.45, 7) is 6.70. The van der Waals surface area contributed by atoms with Crippen LogP contribution in [0, 0.1) is 0 Å². The van der Waals surface area contributed by atoms with Gasteiger partial charge in [0, 0.05) is 12.8 Å². The van der Waals surface area contributed by atoms with Crippen LogP contribution in [0.15, 0.2) is 85.1 Å². The summed E-state index contributed by atoms with van der Waals surface area (Å²) in [6, 6.07) is -0.921. The Morgan fingerprint density at radius 2 is 0.793 bits per heavy atom. The van der Waals surface area contributed by atoms with Crippen molar-refractivity contribution >= 4 is 19.7 Å². The summed E-state index contributed by atoms with van der Waals surface area (Å²) >= 11 is 0. The smallest absolute Gasteiger partial charge is 0.306 e. The highest BCUT2D eigenvalue weighted by atomic mass is 31.2. The number of likely N-dealkylation sites (N-methyl/N-ethyl adjacent to an activating group) is 1. The molecular weight excluding hydrogens is 1040 g/mol. The van der Waals surface area contributed by atoms with Gasteiger partial charge in [0.2, 0.25) is 5.91 Å². The monoisotopic (exact) mass is 1170 g/mol. The second-order valence-electron chi connectivity index (χ2n) is 24.3. The maximum absolute atomic E-state index is 13.5. The van der Waals surface area contributed by atoms with Crippen LogP contribution in [0.25, 0.3) is 0 Å². The summed E-state index contributed by atoms with van der Waals surface area (Å²) in [6.07, 6.45) is 81.6. The zero-order chi connectivity index (χ0) is 60.0. The third kappa shape index (κ3) is 61.7. The zero-order valence-electron chi connectivity index (χ0n) is 54.4. The minimum atomic E-state index is -4.72. The summed E-state index contributed by atoms with van der Waals surface area (Å²) in [5.74, 6) is -0.603. The number of phosphoric ester groups is 1. The van der Waals surface area contributed by atoms with Crippen LogP contribution in [0.1, 0.15) is 310 Å². The summed E-state index contributed by atoms with van der Waals surface area (Å²) in [7, 11) is 1.15. The molecule has 0 saturated heterocycles. The first-order chi connectivity index (χ1) is 39.9. The van der Waals surface area contributed by atoms with E-state index in [4.69, 9.17) is 13.8 Å². The molecule has 3 atom stereocenters. The van der Waals surface area contributed by atoms with E-state index in [0.717, 1.165) is 77.0 Å². The van der Waals surface area contributed by atoms with E-state index in [1.807, 2.05) is 33.3 Å². The minimum Gasteiger partial charge on any atom is -0.756 e. The van der Waals surface area contributed by atoms with Crippen molar-refractivity contribution in [2.75, 3.05) is 40.9 Å². The van der Waals surface area contributed by atoms with Crippen LogP contribution in [0.5, 0.6) is 0 Å². The van der Waals surface area contributed by atoms with Crippen molar-refractivity contribution in [2.45, 2.75) is 322 Å². The fourth-order valence-corrected chi connectivity index (χ4v) is 10.5. The lowest BCUT2D eigenvalue weighted by molar-refractivity contribution is -0.870. The number of allylic oxidation sites excluding steroid dienone is 13. The number of quaternary nitrogens is 1. The average Bonchev–Trinajstić information content (AvgIpc) is 3.44. The van der Waals surface area contributed by atoms with Gasteiger partial charge in [-0.05, 0) is 96.0 Å². The van der Waals surface area contributed by atoms with Crippen molar-refractivity contribution in [3.8, 4) is 0 Å². The molecule has 3 unspecified atom stereocenters. The van der Waals surface area contributed by atoms with E-state index < -0.39 is 26.6 Å². The number of carbonyl (C=O) groups excluding carboxylic acids is 2. The number of hydrogen-bond acceptors (Lipinski definition) is 7. The van der Waals surface area contributed by atoms with Gasteiger partial charge >= 0.3 is 5.97 Å². The van der Waals surface area contributed by atoms with Crippen LogP contribution in [0.4, 0.5) is 0 Å². The number of ether oxygens (including phenoxy) is 1. The molecule has 10 heteroatoms. The van der Waals surface area contributed by atoms with Gasteiger partial charge < -0.3 is 28.5 Å². The Morgan fingerprint density at radius 3 is 1.21 bits per heavy atom. The topological polar surface area (TPSA) is 114 Å². The molecule has 0 aromatic rings. The lowest BCUT2D eigenvalue weighted by Gasteiger charge is -2.30. The summed E-state index contributed by atoms with van der Waals surface area (Å²) in [4.78, 5) is 40.1. The maximum atomic E-state index is 13.5. The highest BCUT2D eigenvalue weighted by Crippen LogP contribution is 2.38. The van der Waals surface area contributed by atoms with Gasteiger partial charge in [0.25, 0.3) is 7.82 Å². The van der Waals surface area contributed by atoms with Gasteiger partial charge in [-0.2, -0.15) is 0 Å². The summed E-state index contributed by atoms with van der Waals surface area (Å²) < 4.78 is 30.3.